The fourth-order valence-corrected chi connectivity index (χ4v) is 3.65. The van der Waals surface area contributed by atoms with Crippen LogP contribution in [0.25, 0.3) is 5.76 Å². The average Bonchev–Trinajstić information content (AvgIpc) is 2.93. The first-order valence-corrected chi connectivity index (χ1v) is 9.78. The van der Waals surface area contributed by atoms with Crippen molar-refractivity contribution in [2.24, 2.45) is 0 Å². The van der Waals surface area contributed by atoms with Crippen molar-refractivity contribution in [3.05, 3.63) is 75.9 Å². The molecule has 1 heterocycles. The van der Waals surface area contributed by atoms with Crippen molar-refractivity contribution < 1.29 is 14.7 Å². The first-order valence-electron chi connectivity index (χ1n) is 9.78. The molecular formula is C24H28N2O3. The van der Waals surface area contributed by atoms with E-state index in [9.17, 15) is 14.7 Å². The van der Waals surface area contributed by atoms with E-state index < -0.39 is 17.7 Å². The maximum atomic E-state index is 13.0. The lowest BCUT2D eigenvalue weighted by Gasteiger charge is -2.26. The van der Waals surface area contributed by atoms with E-state index in [1.165, 1.54) is 0 Å². The van der Waals surface area contributed by atoms with Gasteiger partial charge in [0.25, 0.3) is 11.7 Å². The molecule has 0 aromatic heterocycles. The number of hydrogen-bond donors (Lipinski definition) is 1. The monoisotopic (exact) mass is 392 g/mol. The molecule has 1 saturated heterocycles. The Bertz CT molecular complexity index is 974. The summed E-state index contributed by atoms with van der Waals surface area (Å²) in [6.45, 7) is 6.84. The fraction of sp³-hybridized carbons (Fsp3) is 0.333. The first kappa shape index (κ1) is 20.8. The standard InChI is InChI=1S/C24H28N2O3/c1-15-7-10-18(11-8-15)21-20(22(27)19-14-16(2)6-9-17(19)3)23(28)24(29)26(21)13-12-25(4)5/h6-11,14,21,27H,12-13H2,1-5H3/t21-/m1/s1. The zero-order valence-corrected chi connectivity index (χ0v) is 17.7. The van der Waals surface area contributed by atoms with Gasteiger partial charge in [0.05, 0.1) is 11.6 Å². The molecule has 0 radical (unpaired) electrons. The number of ketones is 1. The molecule has 0 unspecified atom stereocenters. The minimum Gasteiger partial charge on any atom is -0.507 e. The van der Waals surface area contributed by atoms with Crippen molar-refractivity contribution in [2.75, 3.05) is 27.2 Å². The third kappa shape index (κ3) is 4.10. The van der Waals surface area contributed by atoms with Crippen LogP contribution in [-0.4, -0.2) is 53.8 Å². The Balaban J connectivity index is 2.19. The Morgan fingerprint density at radius 3 is 2.24 bits per heavy atom. The van der Waals surface area contributed by atoms with E-state index in [0.717, 1.165) is 22.3 Å². The molecule has 0 saturated carbocycles. The second-order valence-corrected chi connectivity index (χ2v) is 8.02. The molecule has 2 aromatic rings. The van der Waals surface area contributed by atoms with Crippen LogP contribution in [0.1, 0.15) is 33.9 Å². The van der Waals surface area contributed by atoms with Crippen LogP contribution < -0.4 is 0 Å². The Labute approximate surface area is 172 Å². The van der Waals surface area contributed by atoms with Gasteiger partial charge in [0.15, 0.2) is 0 Å². The quantitative estimate of drug-likeness (QED) is 0.480. The van der Waals surface area contributed by atoms with Crippen molar-refractivity contribution in [1.29, 1.82) is 0 Å². The number of rotatable bonds is 5. The molecule has 2 aromatic carbocycles. The van der Waals surface area contributed by atoms with Gasteiger partial charge in [0.1, 0.15) is 5.76 Å². The smallest absolute Gasteiger partial charge is 0.295 e. The van der Waals surface area contributed by atoms with Gasteiger partial charge in [-0.25, -0.2) is 0 Å². The number of likely N-dealkylation sites (N-methyl/N-ethyl adjacent to an activating group) is 1. The van der Waals surface area contributed by atoms with Crippen LogP contribution in [0.2, 0.25) is 0 Å². The van der Waals surface area contributed by atoms with Crippen LogP contribution >= 0.6 is 0 Å². The van der Waals surface area contributed by atoms with E-state index in [1.54, 1.807) is 4.90 Å². The van der Waals surface area contributed by atoms with Gasteiger partial charge in [-0.3, -0.25) is 9.59 Å². The molecule has 1 fully saturated rings. The summed E-state index contributed by atoms with van der Waals surface area (Å²) in [4.78, 5) is 29.4. The molecule has 5 heteroatoms. The normalized spacial score (nSPS) is 18.7. The highest BCUT2D eigenvalue weighted by molar-refractivity contribution is 6.46. The largest absolute Gasteiger partial charge is 0.507 e. The van der Waals surface area contributed by atoms with Crippen LogP contribution in [0, 0.1) is 20.8 Å². The lowest BCUT2D eigenvalue weighted by Crippen LogP contribution is -2.35. The molecule has 29 heavy (non-hydrogen) atoms. The molecule has 1 aliphatic rings. The second-order valence-electron chi connectivity index (χ2n) is 8.02. The highest BCUT2D eigenvalue weighted by Crippen LogP contribution is 2.39. The Morgan fingerprint density at radius 2 is 1.62 bits per heavy atom. The highest BCUT2D eigenvalue weighted by atomic mass is 16.3. The van der Waals surface area contributed by atoms with Crippen molar-refractivity contribution >= 4 is 17.4 Å². The van der Waals surface area contributed by atoms with Gasteiger partial charge in [0, 0.05) is 18.7 Å². The van der Waals surface area contributed by atoms with Gasteiger partial charge in [-0.2, -0.15) is 0 Å². The lowest BCUT2D eigenvalue weighted by atomic mass is 9.93. The molecule has 0 spiro atoms. The molecule has 1 atom stereocenters. The average molecular weight is 392 g/mol. The summed E-state index contributed by atoms with van der Waals surface area (Å²) in [5.41, 5.74) is 4.49. The summed E-state index contributed by atoms with van der Waals surface area (Å²) in [5.74, 6) is -1.31. The highest BCUT2D eigenvalue weighted by Gasteiger charge is 2.45. The van der Waals surface area contributed by atoms with Crippen molar-refractivity contribution in [1.82, 2.24) is 9.80 Å². The summed E-state index contributed by atoms with van der Waals surface area (Å²) in [7, 11) is 3.85. The predicted molar refractivity (Wildman–Crippen MR) is 115 cm³/mol. The molecule has 1 aliphatic heterocycles. The van der Waals surface area contributed by atoms with Gasteiger partial charge in [0.2, 0.25) is 0 Å². The Kier molecular flexibility index (Phi) is 5.89. The summed E-state index contributed by atoms with van der Waals surface area (Å²) >= 11 is 0. The number of aryl methyl sites for hydroxylation is 3. The molecule has 152 valence electrons. The Hall–Kier alpha value is -2.92. The Morgan fingerprint density at radius 1 is 1.00 bits per heavy atom. The number of Topliss-reactive ketones (excluding diaryl/α,β-unsaturated/α-hetero) is 1. The van der Waals surface area contributed by atoms with Crippen molar-refractivity contribution in [3.63, 3.8) is 0 Å². The van der Waals surface area contributed by atoms with E-state index >= 15 is 0 Å². The fourth-order valence-electron chi connectivity index (χ4n) is 3.65. The van der Waals surface area contributed by atoms with Gasteiger partial charge in [-0.15, -0.1) is 0 Å². The minimum absolute atomic E-state index is 0.109. The van der Waals surface area contributed by atoms with Gasteiger partial charge in [-0.1, -0.05) is 47.5 Å². The molecule has 0 aliphatic carbocycles. The van der Waals surface area contributed by atoms with Crippen molar-refractivity contribution in [2.45, 2.75) is 26.8 Å². The van der Waals surface area contributed by atoms with E-state index in [0.29, 0.717) is 18.7 Å². The van der Waals surface area contributed by atoms with E-state index in [2.05, 4.69) is 0 Å². The van der Waals surface area contributed by atoms with Gasteiger partial charge in [-0.05, 0) is 52.1 Å². The number of nitrogens with zero attached hydrogens (tertiary/aromatic N) is 2. The number of aliphatic hydroxyl groups is 1. The number of aliphatic hydroxyl groups excluding tert-OH is 1. The third-order valence-electron chi connectivity index (χ3n) is 5.37. The van der Waals surface area contributed by atoms with Crippen LogP contribution in [0.15, 0.2) is 48.0 Å². The summed E-state index contributed by atoms with van der Waals surface area (Å²) in [6, 6.07) is 12.9. The number of amides is 1. The van der Waals surface area contributed by atoms with Gasteiger partial charge < -0.3 is 14.9 Å². The van der Waals surface area contributed by atoms with Gasteiger partial charge >= 0.3 is 0 Å². The molecular weight excluding hydrogens is 364 g/mol. The number of likely N-dealkylation sites (tertiary alicyclic amines) is 1. The van der Waals surface area contributed by atoms with Crippen LogP contribution in [0.5, 0.6) is 0 Å². The van der Waals surface area contributed by atoms with E-state index in [-0.39, 0.29) is 11.3 Å². The van der Waals surface area contributed by atoms with E-state index in [1.807, 2.05) is 82.2 Å². The first-order chi connectivity index (χ1) is 13.7. The zero-order valence-electron chi connectivity index (χ0n) is 17.7. The number of carbonyl (C=O) groups is 2. The number of hydrogen-bond acceptors (Lipinski definition) is 4. The SMILES string of the molecule is Cc1ccc([C@@H]2C(=C(O)c3cc(C)ccc3C)C(=O)C(=O)N2CCN(C)C)cc1. The zero-order chi connectivity index (χ0) is 21.3. The topological polar surface area (TPSA) is 60.9 Å². The summed E-state index contributed by atoms with van der Waals surface area (Å²) in [5, 5.41) is 11.2. The molecule has 3 rings (SSSR count). The minimum atomic E-state index is -0.632. The maximum absolute atomic E-state index is 13.0. The second kappa shape index (κ2) is 8.21. The number of carbonyl (C=O) groups excluding carboxylic acids is 2. The maximum Gasteiger partial charge on any atom is 0.295 e. The lowest BCUT2D eigenvalue weighted by molar-refractivity contribution is -0.140. The molecule has 0 bridgehead atoms. The summed E-state index contributed by atoms with van der Waals surface area (Å²) in [6.07, 6.45) is 0. The third-order valence-corrected chi connectivity index (χ3v) is 5.37. The predicted octanol–water partition coefficient (Wildman–Crippen LogP) is 3.60. The number of benzene rings is 2. The van der Waals surface area contributed by atoms with Crippen molar-refractivity contribution in [3.8, 4) is 0 Å². The molecule has 1 N–H and O–H groups in total. The summed E-state index contributed by atoms with van der Waals surface area (Å²) < 4.78 is 0. The van der Waals surface area contributed by atoms with E-state index in [4.69, 9.17) is 0 Å². The molecule has 1 amide bonds. The molecule has 5 nitrogen and oxygen atoms in total. The van der Waals surface area contributed by atoms with Crippen LogP contribution in [-0.2, 0) is 9.59 Å². The van der Waals surface area contributed by atoms with Crippen LogP contribution in [0.3, 0.4) is 0 Å². The van der Waals surface area contributed by atoms with Crippen LogP contribution in [0.4, 0.5) is 0 Å².